The van der Waals surface area contributed by atoms with Crippen LogP contribution in [0.3, 0.4) is 0 Å². The van der Waals surface area contributed by atoms with Crippen LogP contribution in [0.1, 0.15) is 19.8 Å². The maximum atomic E-state index is 12.9. The molecule has 0 aromatic heterocycles. The summed E-state index contributed by atoms with van der Waals surface area (Å²) in [6.45, 7) is 1.67. The molecule has 1 amide bonds. The quantitative estimate of drug-likeness (QED) is 0.928. The van der Waals surface area contributed by atoms with Crippen molar-refractivity contribution in [1.29, 1.82) is 0 Å². The number of rotatable bonds is 4. The maximum Gasteiger partial charge on any atom is 0.260 e. The van der Waals surface area contributed by atoms with Crippen LogP contribution in [0, 0.1) is 5.82 Å². The van der Waals surface area contributed by atoms with Crippen molar-refractivity contribution in [2.24, 2.45) is 0 Å². The molecule has 1 unspecified atom stereocenters. The Labute approximate surface area is 107 Å². The van der Waals surface area contributed by atoms with Gasteiger partial charge in [0, 0.05) is 6.04 Å². The molecule has 3 nitrogen and oxygen atoms in total. The number of nitrogens with one attached hydrogen (secondary N) is 1. The van der Waals surface area contributed by atoms with Gasteiger partial charge in [-0.2, -0.15) is 0 Å². The molecule has 1 N–H and O–H groups in total. The summed E-state index contributed by atoms with van der Waals surface area (Å²) >= 11 is 3.19. The lowest BCUT2D eigenvalue weighted by atomic mass is 10.3. The van der Waals surface area contributed by atoms with Crippen LogP contribution in [0.2, 0.25) is 0 Å². The highest BCUT2D eigenvalue weighted by Crippen LogP contribution is 2.26. The Bertz CT molecular complexity index is 435. The van der Waals surface area contributed by atoms with E-state index in [1.807, 2.05) is 0 Å². The van der Waals surface area contributed by atoms with Gasteiger partial charge in [0.05, 0.1) is 4.47 Å². The number of hydrogen-bond acceptors (Lipinski definition) is 2. The van der Waals surface area contributed by atoms with Crippen LogP contribution in [-0.2, 0) is 4.79 Å². The SMILES string of the molecule is CC(Oc1ccc(F)cc1Br)C(=O)NC1CC1. The van der Waals surface area contributed by atoms with Crippen molar-refractivity contribution in [3.05, 3.63) is 28.5 Å². The Morgan fingerprint density at radius 2 is 2.29 bits per heavy atom. The van der Waals surface area contributed by atoms with E-state index in [1.165, 1.54) is 18.2 Å². The first-order valence-electron chi connectivity index (χ1n) is 5.48. The molecule has 5 heteroatoms. The fourth-order valence-corrected chi connectivity index (χ4v) is 1.81. The maximum absolute atomic E-state index is 12.9. The molecule has 0 bridgehead atoms. The second-order valence-corrected chi connectivity index (χ2v) is 4.97. The first kappa shape index (κ1) is 12.4. The minimum absolute atomic E-state index is 0.135. The van der Waals surface area contributed by atoms with Gasteiger partial charge in [-0.3, -0.25) is 4.79 Å². The van der Waals surface area contributed by atoms with E-state index in [2.05, 4.69) is 21.2 Å². The van der Waals surface area contributed by atoms with Gasteiger partial charge < -0.3 is 10.1 Å². The Morgan fingerprint density at radius 3 is 2.88 bits per heavy atom. The summed E-state index contributed by atoms with van der Waals surface area (Å²) in [7, 11) is 0. The topological polar surface area (TPSA) is 38.3 Å². The molecule has 1 aliphatic rings. The average Bonchev–Trinajstić information content (AvgIpc) is 3.06. The molecular weight excluding hydrogens is 289 g/mol. The lowest BCUT2D eigenvalue weighted by molar-refractivity contribution is -0.127. The van der Waals surface area contributed by atoms with Crippen LogP contribution in [-0.4, -0.2) is 18.1 Å². The Morgan fingerprint density at radius 1 is 1.59 bits per heavy atom. The van der Waals surface area contributed by atoms with Crippen LogP contribution >= 0.6 is 15.9 Å². The van der Waals surface area contributed by atoms with Crippen molar-refractivity contribution in [2.45, 2.75) is 31.9 Å². The zero-order valence-corrected chi connectivity index (χ0v) is 11.0. The molecule has 17 heavy (non-hydrogen) atoms. The monoisotopic (exact) mass is 301 g/mol. The van der Waals surface area contributed by atoms with Crippen molar-refractivity contribution in [1.82, 2.24) is 5.32 Å². The zero-order chi connectivity index (χ0) is 12.4. The summed E-state index contributed by atoms with van der Waals surface area (Å²) in [5.74, 6) is -0.0205. The van der Waals surface area contributed by atoms with Gasteiger partial charge in [-0.1, -0.05) is 0 Å². The van der Waals surface area contributed by atoms with Crippen molar-refractivity contribution >= 4 is 21.8 Å². The Balaban J connectivity index is 1.96. The molecule has 0 heterocycles. The van der Waals surface area contributed by atoms with E-state index >= 15 is 0 Å². The van der Waals surface area contributed by atoms with Gasteiger partial charge in [-0.05, 0) is 53.9 Å². The second-order valence-electron chi connectivity index (χ2n) is 4.12. The third-order valence-corrected chi connectivity index (χ3v) is 3.11. The normalized spacial score (nSPS) is 16.4. The minimum atomic E-state index is -0.586. The van der Waals surface area contributed by atoms with E-state index in [-0.39, 0.29) is 11.7 Å². The number of halogens is 2. The molecule has 2 rings (SSSR count). The lowest BCUT2D eigenvalue weighted by Crippen LogP contribution is -2.37. The largest absolute Gasteiger partial charge is 0.480 e. The highest BCUT2D eigenvalue weighted by Gasteiger charge is 2.26. The smallest absolute Gasteiger partial charge is 0.260 e. The van der Waals surface area contributed by atoms with E-state index in [0.717, 1.165) is 12.8 Å². The van der Waals surface area contributed by atoms with E-state index in [4.69, 9.17) is 4.74 Å². The molecule has 0 spiro atoms. The van der Waals surface area contributed by atoms with E-state index in [0.29, 0.717) is 16.3 Å². The fraction of sp³-hybridized carbons (Fsp3) is 0.417. The molecule has 1 aromatic carbocycles. The predicted octanol–water partition coefficient (Wildman–Crippen LogP) is 2.63. The molecule has 1 aliphatic carbocycles. The fourth-order valence-electron chi connectivity index (χ4n) is 1.36. The second kappa shape index (κ2) is 5.04. The molecule has 0 aliphatic heterocycles. The lowest BCUT2D eigenvalue weighted by Gasteiger charge is -2.15. The van der Waals surface area contributed by atoms with Gasteiger partial charge in [0.15, 0.2) is 6.10 Å². The molecule has 1 saturated carbocycles. The number of amides is 1. The molecule has 0 radical (unpaired) electrons. The van der Waals surface area contributed by atoms with Gasteiger partial charge in [0.25, 0.3) is 5.91 Å². The molecule has 92 valence electrons. The van der Waals surface area contributed by atoms with Gasteiger partial charge in [-0.25, -0.2) is 4.39 Å². The average molecular weight is 302 g/mol. The Hall–Kier alpha value is -1.10. The van der Waals surface area contributed by atoms with Crippen LogP contribution in [0.4, 0.5) is 4.39 Å². The number of benzene rings is 1. The highest BCUT2D eigenvalue weighted by molar-refractivity contribution is 9.10. The summed E-state index contributed by atoms with van der Waals surface area (Å²) in [5.41, 5.74) is 0. The molecule has 1 aromatic rings. The first-order chi connectivity index (χ1) is 8.06. The van der Waals surface area contributed by atoms with Crippen LogP contribution < -0.4 is 10.1 Å². The third-order valence-electron chi connectivity index (χ3n) is 2.49. The van der Waals surface area contributed by atoms with Crippen LogP contribution in [0.15, 0.2) is 22.7 Å². The van der Waals surface area contributed by atoms with Crippen molar-refractivity contribution in [3.8, 4) is 5.75 Å². The number of carbonyl (C=O) groups excluding carboxylic acids is 1. The molecule has 1 fully saturated rings. The van der Waals surface area contributed by atoms with Crippen molar-refractivity contribution in [3.63, 3.8) is 0 Å². The van der Waals surface area contributed by atoms with Crippen molar-refractivity contribution < 1.29 is 13.9 Å². The summed E-state index contributed by atoms with van der Waals surface area (Å²) in [4.78, 5) is 11.7. The highest BCUT2D eigenvalue weighted by atomic mass is 79.9. The number of ether oxygens (including phenoxy) is 1. The predicted molar refractivity (Wildman–Crippen MR) is 65.4 cm³/mol. The zero-order valence-electron chi connectivity index (χ0n) is 9.37. The summed E-state index contributed by atoms with van der Waals surface area (Å²) in [5, 5.41) is 2.85. The van der Waals surface area contributed by atoms with Crippen LogP contribution in [0.25, 0.3) is 0 Å². The minimum Gasteiger partial charge on any atom is -0.480 e. The standard InChI is InChI=1S/C12H13BrFNO2/c1-7(12(16)15-9-3-4-9)17-11-5-2-8(14)6-10(11)13/h2,5-7,9H,3-4H2,1H3,(H,15,16). The van der Waals surface area contributed by atoms with Gasteiger partial charge in [-0.15, -0.1) is 0 Å². The van der Waals surface area contributed by atoms with E-state index in [9.17, 15) is 9.18 Å². The number of hydrogen-bond donors (Lipinski definition) is 1. The van der Waals surface area contributed by atoms with E-state index in [1.54, 1.807) is 6.92 Å². The summed E-state index contributed by atoms with van der Waals surface area (Å²) in [6.07, 6.45) is 1.49. The van der Waals surface area contributed by atoms with Gasteiger partial charge >= 0.3 is 0 Å². The molecule has 1 atom stereocenters. The summed E-state index contributed by atoms with van der Waals surface area (Å²) in [6, 6.07) is 4.41. The van der Waals surface area contributed by atoms with Gasteiger partial charge in [0.1, 0.15) is 11.6 Å². The van der Waals surface area contributed by atoms with E-state index < -0.39 is 6.10 Å². The molecule has 0 saturated heterocycles. The van der Waals surface area contributed by atoms with Crippen LogP contribution in [0.5, 0.6) is 5.75 Å². The van der Waals surface area contributed by atoms with Crippen molar-refractivity contribution in [2.75, 3.05) is 0 Å². The third kappa shape index (κ3) is 3.43. The first-order valence-corrected chi connectivity index (χ1v) is 6.27. The summed E-state index contributed by atoms with van der Waals surface area (Å²) < 4.78 is 18.8. The molecular formula is C12H13BrFNO2. The van der Waals surface area contributed by atoms with Gasteiger partial charge in [0.2, 0.25) is 0 Å². The Kier molecular flexibility index (Phi) is 3.66. The number of carbonyl (C=O) groups is 1.